The van der Waals surface area contributed by atoms with E-state index in [1.807, 2.05) is 10.7 Å². The molecular weight excluding hydrogens is 367 g/mol. The minimum atomic E-state index is -4.59. The molecule has 0 aromatic heterocycles. The van der Waals surface area contributed by atoms with Crippen molar-refractivity contribution < 1.29 is 33.0 Å². The van der Waals surface area contributed by atoms with Crippen LogP contribution >= 0.6 is 0 Å². The molecule has 0 aliphatic carbocycles. The number of alkyl halides is 3. The first-order chi connectivity index (χ1) is 12.6. The lowest BCUT2D eigenvalue weighted by molar-refractivity contribution is -0.137. The van der Waals surface area contributed by atoms with Gasteiger partial charge in [0, 0.05) is 17.3 Å². The largest absolute Gasteiger partial charge is 0.508 e. The van der Waals surface area contributed by atoms with E-state index in [4.69, 9.17) is 0 Å². The van der Waals surface area contributed by atoms with Crippen LogP contribution < -0.4 is 10.7 Å². The number of benzene rings is 2. The molecule has 0 saturated carbocycles. The molecule has 2 aromatic rings. The Hall–Kier alpha value is -3.56. The summed E-state index contributed by atoms with van der Waals surface area (Å²) in [5, 5.41) is 24.6. The van der Waals surface area contributed by atoms with Crippen LogP contribution in [0.15, 0.2) is 47.6 Å². The number of phenols is 2. The van der Waals surface area contributed by atoms with Crippen molar-refractivity contribution in [2.75, 3.05) is 5.32 Å². The van der Waals surface area contributed by atoms with Gasteiger partial charge in [-0.05, 0) is 37.3 Å². The van der Waals surface area contributed by atoms with Crippen molar-refractivity contribution in [1.29, 1.82) is 0 Å². The summed E-state index contributed by atoms with van der Waals surface area (Å²) in [6.07, 6.45) is -4.59. The van der Waals surface area contributed by atoms with Crippen LogP contribution in [0.3, 0.4) is 0 Å². The van der Waals surface area contributed by atoms with Gasteiger partial charge in [-0.25, -0.2) is 5.43 Å². The van der Waals surface area contributed by atoms with Crippen molar-refractivity contribution in [3.63, 3.8) is 0 Å². The summed E-state index contributed by atoms with van der Waals surface area (Å²) >= 11 is 0. The van der Waals surface area contributed by atoms with Crippen molar-refractivity contribution in [2.24, 2.45) is 5.10 Å². The molecule has 0 bridgehead atoms. The van der Waals surface area contributed by atoms with E-state index in [0.29, 0.717) is 6.07 Å². The lowest BCUT2D eigenvalue weighted by atomic mass is 10.1. The van der Waals surface area contributed by atoms with Gasteiger partial charge in [0.15, 0.2) is 0 Å². The number of nitrogens with one attached hydrogen (secondary N) is 2. The molecule has 0 atom stereocenters. The Morgan fingerprint density at radius 3 is 2.37 bits per heavy atom. The van der Waals surface area contributed by atoms with Gasteiger partial charge in [-0.1, -0.05) is 6.07 Å². The number of carbonyl (C=O) groups excluding carboxylic acids is 2. The highest BCUT2D eigenvalue weighted by atomic mass is 19.4. The summed E-state index contributed by atoms with van der Waals surface area (Å²) < 4.78 is 37.9. The summed E-state index contributed by atoms with van der Waals surface area (Å²) in [4.78, 5) is 23.5. The van der Waals surface area contributed by atoms with E-state index in [-0.39, 0.29) is 28.5 Å². The molecule has 0 saturated heterocycles. The molecule has 0 heterocycles. The fourth-order valence-corrected chi connectivity index (χ4v) is 2.03. The monoisotopic (exact) mass is 381 g/mol. The fraction of sp³-hybridized carbons (Fsp3) is 0.118. The summed E-state index contributed by atoms with van der Waals surface area (Å²) in [6, 6.07) is 7.50. The van der Waals surface area contributed by atoms with Gasteiger partial charge in [0.05, 0.1) is 11.3 Å². The molecule has 7 nitrogen and oxygen atoms in total. The second-order valence-corrected chi connectivity index (χ2v) is 5.37. The topological polar surface area (TPSA) is 111 Å². The van der Waals surface area contributed by atoms with Crippen molar-refractivity contribution >= 4 is 23.2 Å². The van der Waals surface area contributed by atoms with Crippen LogP contribution in [0.5, 0.6) is 11.5 Å². The van der Waals surface area contributed by atoms with Gasteiger partial charge in [-0.15, -0.1) is 0 Å². The average Bonchev–Trinajstić information content (AvgIpc) is 2.58. The van der Waals surface area contributed by atoms with Crippen LogP contribution in [-0.4, -0.2) is 27.7 Å². The standard InChI is InChI=1S/C17H14F3N3O4/c1-9(13-6-5-12(24)8-14(13)25)22-23-16(27)15(26)21-11-4-2-3-10(7-11)17(18,19)20/h2-8,24-25H,1H3,(H,21,26)(H,23,27)/b22-9+. The van der Waals surface area contributed by atoms with Crippen molar-refractivity contribution in [2.45, 2.75) is 13.1 Å². The number of carbonyl (C=O) groups is 2. The Bertz CT molecular complexity index is 911. The molecule has 0 spiro atoms. The molecule has 2 aromatic carbocycles. The zero-order valence-corrected chi connectivity index (χ0v) is 13.8. The van der Waals surface area contributed by atoms with Gasteiger partial charge in [-0.3, -0.25) is 9.59 Å². The van der Waals surface area contributed by atoms with E-state index in [1.165, 1.54) is 25.1 Å². The second kappa shape index (κ2) is 7.77. The third kappa shape index (κ3) is 5.21. The number of rotatable bonds is 3. The maximum absolute atomic E-state index is 12.6. The van der Waals surface area contributed by atoms with Crippen LogP contribution in [0.4, 0.5) is 18.9 Å². The van der Waals surface area contributed by atoms with Gasteiger partial charge in [0.1, 0.15) is 11.5 Å². The molecule has 142 valence electrons. The molecule has 10 heteroatoms. The number of halogens is 3. The zero-order valence-electron chi connectivity index (χ0n) is 13.8. The van der Waals surface area contributed by atoms with Crippen LogP contribution in [0, 0.1) is 0 Å². The van der Waals surface area contributed by atoms with E-state index < -0.39 is 23.6 Å². The highest BCUT2D eigenvalue weighted by molar-refractivity contribution is 6.39. The van der Waals surface area contributed by atoms with Gasteiger partial charge in [0.2, 0.25) is 0 Å². The number of anilines is 1. The van der Waals surface area contributed by atoms with Gasteiger partial charge >= 0.3 is 18.0 Å². The quantitative estimate of drug-likeness (QED) is 0.372. The Morgan fingerprint density at radius 2 is 1.74 bits per heavy atom. The van der Waals surface area contributed by atoms with Crippen molar-refractivity contribution in [3.8, 4) is 11.5 Å². The highest BCUT2D eigenvalue weighted by Crippen LogP contribution is 2.30. The normalized spacial score (nSPS) is 11.8. The first-order valence-electron chi connectivity index (χ1n) is 7.43. The number of hydrogen-bond donors (Lipinski definition) is 4. The van der Waals surface area contributed by atoms with E-state index in [9.17, 15) is 33.0 Å². The summed E-state index contributed by atoms with van der Waals surface area (Å²) in [7, 11) is 0. The molecule has 0 unspecified atom stereocenters. The smallest absolute Gasteiger partial charge is 0.416 e. The van der Waals surface area contributed by atoms with Crippen molar-refractivity contribution in [3.05, 3.63) is 53.6 Å². The fourth-order valence-electron chi connectivity index (χ4n) is 2.03. The Morgan fingerprint density at radius 1 is 1.04 bits per heavy atom. The molecule has 0 fully saturated rings. The predicted octanol–water partition coefficient (Wildman–Crippen LogP) is 2.60. The Kier molecular flexibility index (Phi) is 5.69. The van der Waals surface area contributed by atoms with Crippen LogP contribution in [-0.2, 0) is 15.8 Å². The highest BCUT2D eigenvalue weighted by Gasteiger charge is 2.30. The molecule has 4 N–H and O–H groups in total. The Balaban J connectivity index is 2.04. The van der Waals surface area contributed by atoms with Crippen LogP contribution in [0.1, 0.15) is 18.1 Å². The number of hydrazone groups is 1. The van der Waals surface area contributed by atoms with E-state index >= 15 is 0 Å². The maximum atomic E-state index is 12.6. The summed E-state index contributed by atoms with van der Waals surface area (Å²) in [6.45, 7) is 1.43. The lowest BCUT2D eigenvalue weighted by Crippen LogP contribution is -2.33. The van der Waals surface area contributed by atoms with Crippen molar-refractivity contribution in [1.82, 2.24) is 5.43 Å². The number of nitrogens with zero attached hydrogens (tertiary/aromatic N) is 1. The lowest BCUT2D eigenvalue weighted by Gasteiger charge is -2.09. The zero-order chi connectivity index (χ0) is 20.2. The first-order valence-corrected chi connectivity index (χ1v) is 7.43. The summed E-state index contributed by atoms with van der Waals surface area (Å²) in [5.74, 6) is -2.90. The number of aromatic hydroxyl groups is 2. The number of amides is 2. The minimum Gasteiger partial charge on any atom is -0.508 e. The second-order valence-electron chi connectivity index (χ2n) is 5.37. The van der Waals surface area contributed by atoms with E-state index in [2.05, 4.69) is 5.10 Å². The SMILES string of the molecule is C/C(=N\NC(=O)C(=O)Nc1cccc(C(F)(F)F)c1)c1ccc(O)cc1O. The number of hydrogen-bond acceptors (Lipinski definition) is 5. The van der Waals surface area contributed by atoms with E-state index in [0.717, 1.165) is 18.2 Å². The molecule has 2 rings (SSSR count). The molecule has 27 heavy (non-hydrogen) atoms. The maximum Gasteiger partial charge on any atom is 0.416 e. The van der Waals surface area contributed by atoms with Gasteiger partial charge in [0.25, 0.3) is 0 Å². The van der Waals surface area contributed by atoms with E-state index in [1.54, 1.807) is 0 Å². The Labute approximate surface area is 151 Å². The van der Waals surface area contributed by atoms with Gasteiger partial charge in [-0.2, -0.15) is 18.3 Å². The predicted molar refractivity (Wildman–Crippen MR) is 90.2 cm³/mol. The summed E-state index contributed by atoms with van der Waals surface area (Å²) in [5.41, 5.74) is 1.08. The van der Waals surface area contributed by atoms with Crippen LogP contribution in [0.2, 0.25) is 0 Å². The minimum absolute atomic E-state index is 0.132. The average molecular weight is 381 g/mol. The molecule has 2 amide bonds. The van der Waals surface area contributed by atoms with Crippen LogP contribution in [0.25, 0.3) is 0 Å². The first kappa shape index (κ1) is 19.8. The third-order valence-electron chi connectivity index (χ3n) is 3.35. The third-order valence-corrected chi connectivity index (χ3v) is 3.35. The van der Waals surface area contributed by atoms with Gasteiger partial charge < -0.3 is 15.5 Å². The number of phenolic OH excluding ortho intramolecular Hbond substituents is 2. The molecular formula is C17H14F3N3O4. The molecule has 0 radical (unpaired) electrons. The molecule has 0 aliphatic heterocycles. The molecule has 0 aliphatic rings.